The van der Waals surface area contributed by atoms with E-state index >= 15 is 0 Å². The number of rotatable bonds is 3. The minimum Gasteiger partial charge on any atom is -0.496 e. The summed E-state index contributed by atoms with van der Waals surface area (Å²) >= 11 is 9.27. The molecule has 5 heteroatoms. The molecule has 2 N–H and O–H groups in total. The molecule has 0 spiro atoms. The fraction of sp³-hybridized carbons (Fsp3) is 0.0714. The molecule has 0 aliphatic carbocycles. The van der Waals surface area contributed by atoms with Crippen LogP contribution in [-0.4, -0.2) is 12.9 Å². The first-order valence-electron chi connectivity index (χ1n) is 5.47. The van der Waals surface area contributed by atoms with Gasteiger partial charge in [-0.2, -0.15) is 0 Å². The van der Waals surface area contributed by atoms with Gasteiger partial charge < -0.3 is 10.5 Å². The van der Waals surface area contributed by atoms with E-state index in [4.69, 9.17) is 22.1 Å². The Morgan fingerprint density at radius 2 is 2.00 bits per heavy atom. The zero-order chi connectivity index (χ0) is 14.0. The van der Waals surface area contributed by atoms with Gasteiger partial charge >= 0.3 is 0 Å². The first-order chi connectivity index (χ1) is 9.04. The molecule has 0 bridgehead atoms. The van der Waals surface area contributed by atoms with Crippen molar-refractivity contribution in [2.75, 3.05) is 12.8 Å². The normalized spacial score (nSPS) is 10.3. The first-order valence-corrected chi connectivity index (χ1v) is 6.64. The number of carbonyl (C=O) groups excluding carboxylic acids is 1. The molecule has 0 saturated heterocycles. The lowest BCUT2D eigenvalue weighted by atomic mass is 10.0. The van der Waals surface area contributed by atoms with Gasteiger partial charge in [0.2, 0.25) is 0 Å². The SMILES string of the molecule is COc1ccc(Br)cc1C(=O)c1cccc(Cl)c1N. The van der Waals surface area contributed by atoms with Crippen LogP contribution in [0.3, 0.4) is 0 Å². The van der Waals surface area contributed by atoms with Gasteiger partial charge in [0.1, 0.15) is 5.75 Å². The molecule has 0 atom stereocenters. The number of nitrogen functional groups attached to an aromatic ring is 1. The van der Waals surface area contributed by atoms with Crippen LogP contribution in [0.4, 0.5) is 5.69 Å². The van der Waals surface area contributed by atoms with E-state index in [9.17, 15) is 4.79 Å². The Hall–Kier alpha value is -1.52. The van der Waals surface area contributed by atoms with Gasteiger partial charge in [-0.15, -0.1) is 0 Å². The van der Waals surface area contributed by atoms with E-state index in [2.05, 4.69) is 15.9 Å². The number of methoxy groups -OCH3 is 1. The van der Waals surface area contributed by atoms with E-state index in [0.29, 0.717) is 21.9 Å². The molecule has 0 aromatic heterocycles. The number of carbonyl (C=O) groups is 1. The fourth-order valence-electron chi connectivity index (χ4n) is 1.74. The van der Waals surface area contributed by atoms with Gasteiger partial charge in [-0.25, -0.2) is 0 Å². The molecule has 19 heavy (non-hydrogen) atoms. The van der Waals surface area contributed by atoms with Gasteiger partial charge in [-0.1, -0.05) is 33.6 Å². The van der Waals surface area contributed by atoms with Crippen molar-refractivity contribution in [3.05, 3.63) is 57.0 Å². The molecule has 3 nitrogen and oxygen atoms in total. The third-order valence-electron chi connectivity index (χ3n) is 2.70. The molecule has 2 rings (SSSR count). The van der Waals surface area contributed by atoms with Crippen molar-refractivity contribution >= 4 is 39.0 Å². The van der Waals surface area contributed by atoms with Crippen LogP contribution < -0.4 is 10.5 Å². The maximum Gasteiger partial charge on any atom is 0.198 e. The number of nitrogens with two attached hydrogens (primary N) is 1. The van der Waals surface area contributed by atoms with Crippen LogP contribution in [0.15, 0.2) is 40.9 Å². The molecule has 0 unspecified atom stereocenters. The van der Waals surface area contributed by atoms with Gasteiger partial charge in [0.25, 0.3) is 0 Å². The molecular formula is C14H11BrClNO2. The van der Waals surface area contributed by atoms with Crippen LogP contribution in [0.5, 0.6) is 5.75 Å². The van der Waals surface area contributed by atoms with Crippen LogP contribution >= 0.6 is 27.5 Å². The third kappa shape index (κ3) is 2.74. The molecule has 0 heterocycles. The molecule has 98 valence electrons. The van der Waals surface area contributed by atoms with E-state index < -0.39 is 0 Å². The molecule has 0 amide bonds. The summed E-state index contributed by atoms with van der Waals surface area (Å²) < 4.78 is 5.99. The monoisotopic (exact) mass is 339 g/mol. The van der Waals surface area contributed by atoms with Gasteiger partial charge in [0, 0.05) is 10.0 Å². The number of hydrogen-bond acceptors (Lipinski definition) is 3. The molecule has 0 saturated carbocycles. The van der Waals surface area contributed by atoms with Gasteiger partial charge in [0.15, 0.2) is 5.78 Å². The lowest BCUT2D eigenvalue weighted by Gasteiger charge is -2.10. The third-order valence-corrected chi connectivity index (χ3v) is 3.53. The lowest BCUT2D eigenvalue weighted by Crippen LogP contribution is -2.07. The second kappa shape index (κ2) is 5.63. The lowest BCUT2D eigenvalue weighted by molar-refractivity contribution is 0.103. The molecular weight excluding hydrogens is 330 g/mol. The Labute approximate surface area is 124 Å². The van der Waals surface area contributed by atoms with Crippen LogP contribution in [-0.2, 0) is 0 Å². The quantitative estimate of drug-likeness (QED) is 0.680. The average Bonchev–Trinajstić information content (AvgIpc) is 2.41. The molecule has 0 aliphatic rings. The summed E-state index contributed by atoms with van der Waals surface area (Å²) in [5, 5.41) is 0.361. The van der Waals surface area contributed by atoms with Crippen LogP contribution in [0.1, 0.15) is 15.9 Å². The van der Waals surface area contributed by atoms with Crippen LogP contribution in [0.25, 0.3) is 0 Å². The highest BCUT2D eigenvalue weighted by molar-refractivity contribution is 9.10. The highest BCUT2D eigenvalue weighted by atomic mass is 79.9. The number of hydrogen-bond donors (Lipinski definition) is 1. The van der Waals surface area contributed by atoms with Crippen molar-refractivity contribution < 1.29 is 9.53 Å². The van der Waals surface area contributed by atoms with Crippen LogP contribution in [0.2, 0.25) is 5.02 Å². The number of ether oxygens (including phenoxy) is 1. The highest BCUT2D eigenvalue weighted by Crippen LogP contribution is 2.29. The summed E-state index contributed by atoms with van der Waals surface area (Å²) in [5.74, 6) is 0.269. The fourth-order valence-corrected chi connectivity index (χ4v) is 2.27. The number of ketones is 1. The largest absolute Gasteiger partial charge is 0.496 e. The summed E-state index contributed by atoms with van der Waals surface area (Å²) in [7, 11) is 1.52. The van der Waals surface area contributed by atoms with Gasteiger partial charge in [-0.3, -0.25) is 4.79 Å². The Kier molecular flexibility index (Phi) is 4.12. The van der Waals surface area contributed by atoms with Crippen molar-refractivity contribution in [3.63, 3.8) is 0 Å². The zero-order valence-corrected chi connectivity index (χ0v) is 12.5. The van der Waals surface area contributed by atoms with Crippen molar-refractivity contribution in [1.29, 1.82) is 0 Å². The summed E-state index contributed by atoms with van der Waals surface area (Å²) in [5.41, 5.74) is 6.92. The molecule has 2 aromatic carbocycles. The molecule has 0 fully saturated rings. The van der Waals surface area contributed by atoms with Crippen molar-refractivity contribution in [1.82, 2.24) is 0 Å². The smallest absolute Gasteiger partial charge is 0.198 e. The van der Waals surface area contributed by atoms with E-state index in [0.717, 1.165) is 4.47 Å². The Balaban J connectivity index is 2.56. The van der Waals surface area contributed by atoms with Gasteiger partial charge in [0.05, 0.1) is 23.4 Å². The second-order valence-corrected chi connectivity index (χ2v) is 5.20. The molecule has 0 aliphatic heterocycles. The summed E-state index contributed by atoms with van der Waals surface area (Å²) in [6.45, 7) is 0. The van der Waals surface area contributed by atoms with E-state index in [1.807, 2.05) is 0 Å². The van der Waals surface area contributed by atoms with Gasteiger partial charge in [-0.05, 0) is 30.3 Å². The Morgan fingerprint density at radius 1 is 1.26 bits per heavy atom. The highest BCUT2D eigenvalue weighted by Gasteiger charge is 2.18. The number of para-hydroxylation sites is 1. The van der Waals surface area contributed by atoms with E-state index in [1.54, 1.807) is 36.4 Å². The Bertz CT molecular complexity index is 643. The van der Waals surface area contributed by atoms with Crippen molar-refractivity contribution in [2.45, 2.75) is 0 Å². The van der Waals surface area contributed by atoms with E-state index in [1.165, 1.54) is 7.11 Å². The topological polar surface area (TPSA) is 52.3 Å². The van der Waals surface area contributed by atoms with E-state index in [-0.39, 0.29) is 11.5 Å². The molecule has 2 aromatic rings. The number of benzene rings is 2. The summed E-state index contributed by atoms with van der Waals surface area (Å²) in [6, 6.07) is 10.2. The minimum atomic E-state index is -0.224. The minimum absolute atomic E-state index is 0.224. The second-order valence-electron chi connectivity index (χ2n) is 3.87. The number of anilines is 1. The van der Waals surface area contributed by atoms with Crippen LogP contribution in [0, 0.1) is 0 Å². The maximum atomic E-state index is 12.5. The average molecular weight is 341 g/mol. The predicted molar refractivity (Wildman–Crippen MR) is 80.0 cm³/mol. The summed E-state index contributed by atoms with van der Waals surface area (Å²) in [6.07, 6.45) is 0. The molecule has 0 radical (unpaired) electrons. The Morgan fingerprint density at radius 3 is 2.68 bits per heavy atom. The van der Waals surface area contributed by atoms with Crippen molar-refractivity contribution in [2.24, 2.45) is 0 Å². The van der Waals surface area contributed by atoms with Crippen molar-refractivity contribution in [3.8, 4) is 5.75 Å². The maximum absolute atomic E-state index is 12.5. The standard InChI is InChI=1S/C14H11BrClNO2/c1-19-12-6-5-8(15)7-10(12)14(18)9-3-2-4-11(16)13(9)17/h2-7H,17H2,1H3. The predicted octanol–water partition coefficient (Wildman–Crippen LogP) is 3.92. The first kappa shape index (κ1) is 13.9. The number of halogens is 2. The summed E-state index contributed by atoms with van der Waals surface area (Å²) in [4.78, 5) is 12.5. The zero-order valence-electron chi connectivity index (χ0n) is 10.1.